The van der Waals surface area contributed by atoms with Gasteiger partial charge in [-0.25, -0.2) is 4.39 Å². The van der Waals surface area contributed by atoms with E-state index in [2.05, 4.69) is 5.32 Å². The normalized spacial score (nSPS) is 15.1. The number of halogens is 1. The van der Waals surface area contributed by atoms with E-state index in [9.17, 15) is 9.18 Å². The molecule has 1 fully saturated rings. The molecule has 0 saturated heterocycles. The minimum absolute atomic E-state index is 0.0453. The maximum absolute atomic E-state index is 13.5. The number of benzene rings is 2. The average Bonchev–Trinajstić information content (AvgIpc) is 3.38. The number of rotatable bonds is 5. The summed E-state index contributed by atoms with van der Waals surface area (Å²) in [6.07, 6.45) is 2.19. The molecule has 0 heterocycles. The van der Waals surface area contributed by atoms with Gasteiger partial charge in [0.25, 0.3) is 5.91 Å². The molecule has 0 aromatic heterocycles. The zero-order chi connectivity index (χ0) is 16.4. The van der Waals surface area contributed by atoms with Crippen molar-refractivity contribution in [2.45, 2.75) is 25.8 Å². The second kappa shape index (κ2) is 6.41. The number of methoxy groups -OCH3 is 1. The third kappa shape index (κ3) is 3.52. The molecule has 1 saturated carbocycles. The molecule has 1 amide bonds. The Balaban J connectivity index is 1.84. The van der Waals surface area contributed by atoms with Gasteiger partial charge in [0, 0.05) is 0 Å². The van der Waals surface area contributed by atoms with Crippen molar-refractivity contribution in [1.29, 1.82) is 0 Å². The maximum atomic E-state index is 13.5. The molecule has 3 nitrogen and oxygen atoms in total. The first-order valence-electron chi connectivity index (χ1n) is 7.79. The maximum Gasteiger partial charge on any atom is 0.255 e. The number of hydrogen-bond donors (Lipinski definition) is 1. The third-order valence-electron chi connectivity index (χ3n) is 4.22. The van der Waals surface area contributed by atoms with Crippen LogP contribution >= 0.6 is 0 Å². The van der Waals surface area contributed by atoms with Crippen LogP contribution < -0.4 is 10.1 Å². The second-order valence-corrected chi connectivity index (χ2v) is 6.04. The highest BCUT2D eigenvalue weighted by Crippen LogP contribution is 2.41. The molecule has 0 radical (unpaired) electrons. The van der Waals surface area contributed by atoms with Crippen molar-refractivity contribution in [2.24, 2.45) is 5.92 Å². The first-order valence-corrected chi connectivity index (χ1v) is 7.79. The Labute approximate surface area is 135 Å². The van der Waals surface area contributed by atoms with Gasteiger partial charge in [-0.3, -0.25) is 4.79 Å². The van der Waals surface area contributed by atoms with E-state index in [0.29, 0.717) is 11.7 Å². The van der Waals surface area contributed by atoms with Crippen molar-refractivity contribution in [2.75, 3.05) is 7.11 Å². The zero-order valence-corrected chi connectivity index (χ0v) is 13.3. The highest BCUT2D eigenvalue weighted by atomic mass is 19.1. The summed E-state index contributed by atoms with van der Waals surface area (Å²) in [5, 5.41) is 3.05. The van der Waals surface area contributed by atoms with Crippen molar-refractivity contribution >= 4 is 5.91 Å². The SMILES string of the molecule is COc1ccc(F)cc1C(=O)NC(c1ccc(C)cc1)C1CC1. The molecule has 2 aromatic rings. The fraction of sp³-hybridized carbons (Fsp3) is 0.316. The third-order valence-corrected chi connectivity index (χ3v) is 4.22. The van der Waals surface area contributed by atoms with Crippen LogP contribution in [-0.2, 0) is 0 Å². The van der Waals surface area contributed by atoms with E-state index in [1.165, 1.54) is 30.9 Å². The van der Waals surface area contributed by atoms with E-state index < -0.39 is 5.82 Å². The van der Waals surface area contributed by atoms with Crippen LogP contribution in [0.25, 0.3) is 0 Å². The smallest absolute Gasteiger partial charge is 0.255 e. The van der Waals surface area contributed by atoms with E-state index >= 15 is 0 Å². The molecule has 1 atom stereocenters. The molecular formula is C19H20FNO2. The fourth-order valence-corrected chi connectivity index (χ4v) is 2.75. The van der Waals surface area contributed by atoms with Crippen LogP contribution in [0.15, 0.2) is 42.5 Å². The lowest BCUT2D eigenvalue weighted by Crippen LogP contribution is -2.30. The highest BCUT2D eigenvalue weighted by molar-refractivity contribution is 5.97. The number of hydrogen-bond acceptors (Lipinski definition) is 2. The van der Waals surface area contributed by atoms with Crippen LogP contribution in [0.4, 0.5) is 4.39 Å². The van der Waals surface area contributed by atoms with E-state index in [1.807, 2.05) is 31.2 Å². The number of aryl methyl sites for hydroxylation is 1. The summed E-state index contributed by atoms with van der Waals surface area (Å²) in [6, 6.07) is 12.1. The minimum atomic E-state index is -0.450. The topological polar surface area (TPSA) is 38.3 Å². The quantitative estimate of drug-likeness (QED) is 0.905. The van der Waals surface area contributed by atoms with Crippen molar-refractivity contribution in [1.82, 2.24) is 5.32 Å². The number of carbonyl (C=O) groups is 1. The summed E-state index contributed by atoms with van der Waals surface area (Å²) >= 11 is 0. The molecule has 3 rings (SSSR count). The number of nitrogens with one attached hydrogen (secondary N) is 1. The Hall–Kier alpha value is -2.36. The monoisotopic (exact) mass is 313 g/mol. The Kier molecular flexibility index (Phi) is 4.33. The lowest BCUT2D eigenvalue weighted by molar-refractivity contribution is 0.0928. The second-order valence-electron chi connectivity index (χ2n) is 6.04. The van der Waals surface area contributed by atoms with Gasteiger partial charge in [-0.2, -0.15) is 0 Å². The summed E-state index contributed by atoms with van der Waals surface area (Å²) < 4.78 is 18.7. The predicted octanol–water partition coefficient (Wildman–Crippen LogP) is 4.02. The predicted molar refractivity (Wildman–Crippen MR) is 87.1 cm³/mol. The highest BCUT2D eigenvalue weighted by Gasteiger charge is 2.34. The summed E-state index contributed by atoms with van der Waals surface area (Å²) in [4.78, 5) is 12.6. The van der Waals surface area contributed by atoms with Gasteiger partial charge in [-0.05, 0) is 49.4 Å². The van der Waals surface area contributed by atoms with E-state index in [4.69, 9.17) is 4.74 Å². The molecule has 1 aliphatic carbocycles. The van der Waals surface area contributed by atoms with Gasteiger partial charge in [0.15, 0.2) is 0 Å². The molecule has 0 bridgehead atoms. The Bertz CT molecular complexity index is 708. The van der Waals surface area contributed by atoms with Crippen molar-refractivity contribution < 1.29 is 13.9 Å². The number of amides is 1. The van der Waals surface area contributed by atoms with Crippen molar-refractivity contribution in [3.8, 4) is 5.75 Å². The molecule has 2 aromatic carbocycles. The van der Waals surface area contributed by atoms with Crippen LogP contribution in [-0.4, -0.2) is 13.0 Å². The molecule has 23 heavy (non-hydrogen) atoms. The van der Waals surface area contributed by atoms with Crippen LogP contribution in [0.5, 0.6) is 5.75 Å². The molecule has 120 valence electrons. The summed E-state index contributed by atoms with van der Waals surface area (Å²) in [7, 11) is 1.47. The molecular weight excluding hydrogens is 293 g/mol. The van der Waals surface area contributed by atoms with Crippen LogP contribution in [0.3, 0.4) is 0 Å². The molecule has 0 spiro atoms. The van der Waals surface area contributed by atoms with Gasteiger partial charge in [0.05, 0.1) is 18.7 Å². The molecule has 1 unspecified atom stereocenters. The first kappa shape index (κ1) is 15.5. The first-order chi connectivity index (χ1) is 11.1. The van der Waals surface area contributed by atoms with Crippen molar-refractivity contribution in [3.05, 3.63) is 65.0 Å². The summed E-state index contributed by atoms with van der Waals surface area (Å²) in [6.45, 7) is 2.03. The molecule has 0 aliphatic heterocycles. The van der Waals surface area contributed by atoms with Gasteiger partial charge in [-0.1, -0.05) is 29.8 Å². The van der Waals surface area contributed by atoms with Crippen LogP contribution in [0.2, 0.25) is 0 Å². The minimum Gasteiger partial charge on any atom is -0.496 e. The average molecular weight is 313 g/mol. The lowest BCUT2D eigenvalue weighted by atomic mass is 10.0. The summed E-state index contributed by atoms with van der Waals surface area (Å²) in [5.74, 6) is 0.0663. The van der Waals surface area contributed by atoms with Gasteiger partial charge in [0.2, 0.25) is 0 Å². The Morgan fingerprint density at radius 3 is 2.52 bits per heavy atom. The van der Waals surface area contributed by atoms with Gasteiger partial charge < -0.3 is 10.1 Å². The standard InChI is InChI=1S/C19H20FNO2/c1-12-3-5-13(6-4-12)18(14-7-8-14)21-19(22)16-11-15(20)9-10-17(16)23-2/h3-6,9-11,14,18H,7-8H2,1-2H3,(H,21,22). The molecule has 4 heteroatoms. The van der Waals surface area contributed by atoms with Gasteiger partial charge in [-0.15, -0.1) is 0 Å². The number of carbonyl (C=O) groups excluding carboxylic acids is 1. The molecule has 1 N–H and O–H groups in total. The summed E-state index contributed by atoms with van der Waals surface area (Å²) in [5.41, 5.74) is 2.49. The Morgan fingerprint density at radius 1 is 1.22 bits per heavy atom. The largest absolute Gasteiger partial charge is 0.496 e. The Morgan fingerprint density at radius 2 is 1.91 bits per heavy atom. The number of ether oxygens (including phenoxy) is 1. The zero-order valence-electron chi connectivity index (χ0n) is 13.3. The van der Waals surface area contributed by atoms with Crippen LogP contribution in [0.1, 0.15) is 40.4 Å². The van der Waals surface area contributed by atoms with E-state index in [-0.39, 0.29) is 17.5 Å². The van der Waals surface area contributed by atoms with E-state index in [1.54, 1.807) is 0 Å². The lowest BCUT2D eigenvalue weighted by Gasteiger charge is -2.20. The van der Waals surface area contributed by atoms with Gasteiger partial charge in [0.1, 0.15) is 11.6 Å². The fourth-order valence-electron chi connectivity index (χ4n) is 2.75. The van der Waals surface area contributed by atoms with Crippen molar-refractivity contribution in [3.63, 3.8) is 0 Å². The van der Waals surface area contributed by atoms with Gasteiger partial charge >= 0.3 is 0 Å². The van der Waals surface area contributed by atoms with E-state index in [0.717, 1.165) is 18.4 Å². The van der Waals surface area contributed by atoms with Crippen LogP contribution in [0, 0.1) is 18.7 Å². The molecule has 1 aliphatic rings.